The average molecular weight is 515 g/mol. The van der Waals surface area contributed by atoms with Gasteiger partial charge in [-0.3, -0.25) is 14.3 Å². The number of hydrogen-bond acceptors (Lipinski definition) is 3. The summed E-state index contributed by atoms with van der Waals surface area (Å²) in [4.78, 5) is 26.1. The molecular formula is C24H20F7N3O2. The number of carbonyl (C=O) groups excluding carboxylic acids is 2. The van der Waals surface area contributed by atoms with E-state index in [9.17, 15) is 40.3 Å². The van der Waals surface area contributed by atoms with Crippen molar-refractivity contribution in [2.75, 3.05) is 13.1 Å². The van der Waals surface area contributed by atoms with E-state index in [1.807, 2.05) is 0 Å². The molecule has 0 atom stereocenters. The van der Waals surface area contributed by atoms with Gasteiger partial charge in [0.05, 0.1) is 23.1 Å². The van der Waals surface area contributed by atoms with Gasteiger partial charge < -0.3 is 4.90 Å². The van der Waals surface area contributed by atoms with Gasteiger partial charge in [0.25, 0.3) is 5.91 Å². The third kappa shape index (κ3) is 5.36. The zero-order valence-electron chi connectivity index (χ0n) is 18.9. The lowest BCUT2D eigenvalue weighted by Crippen LogP contribution is -2.51. The molecule has 5 nitrogen and oxygen atoms in total. The highest BCUT2D eigenvalue weighted by Crippen LogP contribution is 2.31. The van der Waals surface area contributed by atoms with E-state index in [0.717, 1.165) is 6.07 Å². The Bertz CT molecular complexity index is 1320. The van der Waals surface area contributed by atoms with Gasteiger partial charge in [-0.25, -0.2) is 4.39 Å². The van der Waals surface area contributed by atoms with E-state index in [-0.39, 0.29) is 24.6 Å². The molecule has 0 spiro atoms. The lowest BCUT2D eigenvalue weighted by atomic mass is 9.98. The Hall–Kier alpha value is -3.44. The number of halogens is 7. The summed E-state index contributed by atoms with van der Waals surface area (Å²) < 4.78 is 91.2. The van der Waals surface area contributed by atoms with Crippen LogP contribution in [0.25, 0.3) is 10.9 Å². The number of amides is 1. The molecule has 1 aliphatic rings. The first-order valence-electron chi connectivity index (χ1n) is 11.0. The van der Waals surface area contributed by atoms with Crippen molar-refractivity contribution in [1.29, 1.82) is 0 Å². The smallest absolute Gasteiger partial charge is 0.338 e. The summed E-state index contributed by atoms with van der Waals surface area (Å²) in [5.41, 5.74) is -0.340. The summed E-state index contributed by atoms with van der Waals surface area (Å²) in [5.74, 6) is -2.61. The summed E-state index contributed by atoms with van der Waals surface area (Å²) in [5, 5.41) is 5.03. The van der Waals surface area contributed by atoms with Crippen LogP contribution in [0.4, 0.5) is 30.7 Å². The molecule has 1 aromatic heterocycles. The number of rotatable bonds is 6. The van der Waals surface area contributed by atoms with Crippen LogP contribution in [0.5, 0.6) is 0 Å². The number of nitrogens with zero attached hydrogens (tertiary/aromatic N) is 3. The lowest BCUT2D eigenvalue weighted by Gasteiger charge is -2.39. The SMILES string of the molecule is Cc1c(C(=O)CCC(F)(F)F)ccc2nn(CC3CN(C(=O)c4ccc(C(F)(F)F)cc4F)C3)cc12. The van der Waals surface area contributed by atoms with Crippen LogP contribution >= 0.6 is 0 Å². The minimum atomic E-state index is -4.72. The highest BCUT2D eigenvalue weighted by atomic mass is 19.4. The molecule has 2 aromatic carbocycles. The number of carbonyl (C=O) groups is 2. The monoisotopic (exact) mass is 515 g/mol. The highest BCUT2D eigenvalue weighted by Gasteiger charge is 2.35. The van der Waals surface area contributed by atoms with Crippen molar-refractivity contribution in [2.24, 2.45) is 5.92 Å². The largest absolute Gasteiger partial charge is 0.416 e. The molecule has 12 heteroatoms. The second-order valence-corrected chi connectivity index (χ2v) is 8.83. The van der Waals surface area contributed by atoms with Gasteiger partial charge in [-0.15, -0.1) is 0 Å². The summed E-state index contributed by atoms with van der Waals surface area (Å²) in [6.45, 7) is 2.51. The number of aryl methyl sites for hydroxylation is 1. The van der Waals surface area contributed by atoms with Crippen LogP contribution in [-0.4, -0.2) is 45.6 Å². The number of likely N-dealkylation sites (tertiary alicyclic amines) is 1. The predicted octanol–water partition coefficient (Wildman–Crippen LogP) is 5.80. The van der Waals surface area contributed by atoms with Gasteiger partial charge >= 0.3 is 12.4 Å². The average Bonchev–Trinajstić information content (AvgIpc) is 3.16. The number of alkyl halides is 6. The molecule has 0 unspecified atom stereocenters. The Kier molecular flexibility index (Phi) is 6.56. The fourth-order valence-corrected chi connectivity index (χ4v) is 4.22. The van der Waals surface area contributed by atoms with Crippen molar-refractivity contribution in [3.8, 4) is 0 Å². The third-order valence-corrected chi connectivity index (χ3v) is 6.16. The van der Waals surface area contributed by atoms with Crippen molar-refractivity contribution in [3.63, 3.8) is 0 Å². The van der Waals surface area contributed by atoms with Gasteiger partial charge in [0.15, 0.2) is 5.78 Å². The van der Waals surface area contributed by atoms with Gasteiger partial charge in [0, 0.05) is 49.1 Å². The van der Waals surface area contributed by atoms with Crippen LogP contribution in [0.2, 0.25) is 0 Å². The molecule has 1 fully saturated rings. The second-order valence-electron chi connectivity index (χ2n) is 8.83. The zero-order chi connectivity index (χ0) is 26.4. The zero-order valence-corrected chi connectivity index (χ0v) is 18.9. The summed E-state index contributed by atoms with van der Waals surface area (Å²) >= 11 is 0. The van der Waals surface area contributed by atoms with Gasteiger partial charge in [-0.2, -0.15) is 31.4 Å². The predicted molar refractivity (Wildman–Crippen MR) is 115 cm³/mol. The topological polar surface area (TPSA) is 55.2 Å². The van der Waals surface area contributed by atoms with Crippen LogP contribution in [0, 0.1) is 18.7 Å². The normalized spacial score (nSPS) is 14.8. The molecule has 36 heavy (non-hydrogen) atoms. The standard InChI is InChI=1S/C24H20F7N3O2/c1-13-16(21(35)6-7-23(26,27)28)4-5-20-18(13)12-34(32-20)11-14-9-33(10-14)22(36)17-3-2-15(8-19(17)25)24(29,30)31/h2-5,8,12,14H,6-7,9-11H2,1H3. The molecule has 0 radical (unpaired) electrons. The van der Waals surface area contributed by atoms with Gasteiger partial charge in [0.2, 0.25) is 0 Å². The number of Topliss-reactive ketones (excluding diaryl/α,β-unsaturated/α-hetero) is 1. The Morgan fingerprint density at radius 2 is 1.69 bits per heavy atom. The number of hydrogen-bond donors (Lipinski definition) is 0. The number of ketones is 1. The maximum Gasteiger partial charge on any atom is 0.416 e. The number of benzene rings is 2. The Labute approximate surface area is 200 Å². The van der Waals surface area contributed by atoms with E-state index >= 15 is 0 Å². The van der Waals surface area contributed by atoms with E-state index in [4.69, 9.17) is 0 Å². The molecule has 192 valence electrons. The first-order valence-corrected chi connectivity index (χ1v) is 11.0. The van der Waals surface area contributed by atoms with Crippen molar-refractivity contribution in [1.82, 2.24) is 14.7 Å². The van der Waals surface area contributed by atoms with Crippen molar-refractivity contribution in [2.45, 2.75) is 38.7 Å². The van der Waals surface area contributed by atoms with Crippen LogP contribution < -0.4 is 0 Å². The molecule has 2 heterocycles. The van der Waals surface area contributed by atoms with Crippen LogP contribution in [0.3, 0.4) is 0 Å². The maximum absolute atomic E-state index is 14.1. The Balaban J connectivity index is 1.39. The molecule has 1 amide bonds. The fourth-order valence-electron chi connectivity index (χ4n) is 4.22. The van der Waals surface area contributed by atoms with Crippen LogP contribution in [0.15, 0.2) is 36.5 Å². The minimum absolute atomic E-state index is 0.0473. The van der Waals surface area contributed by atoms with E-state index in [1.165, 1.54) is 11.0 Å². The molecule has 0 bridgehead atoms. The molecule has 0 N–H and O–H groups in total. The van der Waals surface area contributed by atoms with Crippen molar-refractivity contribution in [3.05, 3.63) is 64.6 Å². The van der Waals surface area contributed by atoms with Crippen LogP contribution in [-0.2, 0) is 12.7 Å². The summed E-state index contributed by atoms with van der Waals surface area (Å²) in [6, 6.07) is 4.79. The van der Waals surface area contributed by atoms with Gasteiger partial charge in [-0.1, -0.05) is 0 Å². The first kappa shape index (κ1) is 25.6. The lowest BCUT2D eigenvalue weighted by molar-refractivity contribution is -0.137. The Morgan fingerprint density at radius 3 is 2.31 bits per heavy atom. The van der Waals surface area contributed by atoms with Gasteiger partial charge in [-0.05, 0) is 42.8 Å². The summed E-state index contributed by atoms with van der Waals surface area (Å²) in [6.07, 6.45) is -9.31. The third-order valence-electron chi connectivity index (χ3n) is 6.16. The molecule has 3 aromatic rings. The van der Waals surface area contributed by atoms with E-state index in [2.05, 4.69) is 5.10 Å². The number of fused-ring (bicyclic) bond motifs is 1. The summed E-state index contributed by atoms with van der Waals surface area (Å²) in [7, 11) is 0. The molecule has 0 aliphatic carbocycles. The second kappa shape index (κ2) is 9.21. The first-order chi connectivity index (χ1) is 16.7. The molecule has 0 saturated carbocycles. The molecule has 1 saturated heterocycles. The highest BCUT2D eigenvalue weighted by molar-refractivity contribution is 6.01. The van der Waals surface area contributed by atoms with E-state index < -0.39 is 53.8 Å². The quantitative estimate of drug-likeness (QED) is 0.308. The fraction of sp³-hybridized carbons (Fsp3) is 0.375. The van der Waals surface area contributed by atoms with Crippen LogP contribution in [0.1, 0.15) is 44.7 Å². The number of aromatic nitrogens is 2. The minimum Gasteiger partial charge on any atom is -0.338 e. The van der Waals surface area contributed by atoms with Gasteiger partial charge in [0.1, 0.15) is 5.82 Å². The molecule has 4 rings (SSSR count). The van der Waals surface area contributed by atoms with E-state index in [0.29, 0.717) is 35.1 Å². The maximum atomic E-state index is 14.1. The van der Waals surface area contributed by atoms with Crippen molar-refractivity contribution < 1.29 is 40.3 Å². The molecule has 1 aliphatic heterocycles. The van der Waals surface area contributed by atoms with E-state index in [1.54, 1.807) is 23.9 Å². The molecular weight excluding hydrogens is 495 g/mol. The van der Waals surface area contributed by atoms with Crippen molar-refractivity contribution >= 4 is 22.6 Å². The Morgan fingerprint density at radius 1 is 1.03 bits per heavy atom.